The highest BCUT2D eigenvalue weighted by Gasteiger charge is 2.51. The van der Waals surface area contributed by atoms with Gasteiger partial charge in [0.05, 0.1) is 12.0 Å². The standard InChI is InChI=1S/C7H13NO4/c1-7(12)4(8)2-3(5(7)9)6(10)11/h3-5,9,12H,2,8H2,1H3,(H,10,11)/t3-,4+,5-,7+/m1/s1. The summed E-state index contributed by atoms with van der Waals surface area (Å²) in [5.74, 6) is -2.06. The van der Waals surface area contributed by atoms with Crippen molar-refractivity contribution in [3.8, 4) is 0 Å². The van der Waals surface area contributed by atoms with Crippen LogP contribution in [0.1, 0.15) is 13.3 Å². The second-order valence-corrected chi connectivity index (χ2v) is 3.46. The number of carbonyl (C=O) groups is 1. The molecule has 0 spiro atoms. The maximum Gasteiger partial charge on any atom is 0.309 e. The fourth-order valence-electron chi connectivity index (χ4n) is 1.50. The van der Waals surface area contributed by atoms with Gasteiger partial charge in [-0.15, -0.1) is 0 Å². The van der Waals surface area contributed by atoms with Crippen LogP contribution in [0.3, 0.4) is 0 Å². The Morgan fingerprint density at radius 3 is 2.33 bits per heavy atom. The zero-order valence-electron chi connectivity index (χ0n) is 6.77. The number of hydrogen-bond donors (Lipinski definition) is 4. The second-order valence-electron chi connectivity index (χ2n) is 3.46. The molecule has 1 aliphatic carbocycles. The first-order valence-corrected chi connectivity index (χ1v) is 3.76. The zero-order valence-corrected chi connectivity index (χ0v) is 6.77. The average Bonchev–Trinajstić information content (AvgIpc) is 2.13. The van der Waals surface area contributed by atoms with E-state index in [0.29, 0.717) is 0 Å². The molecule has 5 nitrogen and oxygen atoms in total. The number of hydrogen-bond acceptors (Lipinski definition) is 4. The van der Waals surface area contributed by atoms with Gasteiger partial charge in [0.2, 0.25) is 0 Å². The number of aliphatic hydroxyl groups is 2. The van der Waals surface area contributed by atoms with Gasteiger partial charge >= 0.3 is 5.97 Å². The summed E-state index contributed by atoms with van der Waals surface area (Å²) < 4.78 is 0. The van der Waals surface area contributed by atoms with Crippen molar-refractivity contribution in [2.24, 2.45) is 11.7 Å². The molecular weight excluding hydrogens is 162 g/mol. The highest BCUT2D eigenvalue weighted by Crippen LogP contribution is 2.33. The van der Waals surface area contributed by atoms with E-state index < -0.39 is 29.6 Å². The topological polar surface area (TPSA) is 104 Å². The van der Waals surface area contributed by atoms with Crippen molar-refractivity contribution in [3.05, 3.63) is 0 Å². The molecule has 0 heterocycles. The quantitative estimate of drug-likeness (QED) is 0.389. The first kappa shape index (κ1) is 9.44. The maximum absolute atomic E-state index is 10.5. The summed E-state index contributed by atoms with van der Waals surface area (Å²) in [7, 11) is 0. The van der Waals surface area contributed by atoms with E-state index in [0.717, 1.165) is 0 Å². The van der Waals surface area contributed by atoms with Crippen molar-refractivity contribution >= 4 is 5.97 Å². The van der Waals surface area contributed by atoms with Gasteiger partial charge in [0.15, 0.2) is 0 Å². The predicted molar refractivity (Wildman–Crippen MR) is 40.3 cm³/mol. The van der Waals surface area contributed by atoms with E-state index in [9.17, 15) is 15.0 Å². The zero-order chi connectivity index (χ0) is 9.52. The van der Waals surface area contributed by atoms with Crippen molar-refractivity contribution in [1.29, 1.82) is 0 Å². The predicted octanol–water partition coefficient (Wildman–Crippen LogP) is -1.47. The van der Waals surface area contributed by atoms with Crippen LogP contribution in [-0.4, -0.2) is 39.0 Å². The normalized spacial score (nSPS) is 47.8. The number of nitrogens with two attached hydrogens (primary N) is 1. The van der Waals surface area contributed by atoms with Crippen LogP contribution in [0.4, 0.5) is 0 Å². The summed E-state index contributed by atoms with van der Waals surface area (Å²) >= 11 is 0. The summed E-state index contributed by atoms with van der Waals surface area (Å²) in [5.41, 5.74) is 3.97. The molecule has 5 heteroatoms. The van der Waals surface area contributed by atoms with E-state index in [4.69, 9.17) is 10.8 Å². The fourth-order valence-corrected chi connectivity index (χ4v) is 1.50. The molecule has 0 bridgehead atoms. The molecule has 0 aliphatic heterocycles. The molecule has 0 saturated heterocycles. The lowest BCUT2D eigenvalue weighted by atomic mass is 9.97. The molecule has 0 radical (unpaired) electrons. The molecule has 0 aromatic carbocycles. The lowest BCUT2D eigenvalue weighted by Gasteiger charge is -2.26. The number of carboxylic acid groups (broad SMARTS) is 1. The third-order valence-electron chi connectivity index (χ3n) is 2.56. The smallest absolute Gasteiger partial charge is 0.309 e. The van der Waals surface area contributed by atoms with Gasteiger partial charge in [-0.1, -0.05) is 0 Å². The number of aliphatic carboxylic acids is 1. The summed E-state index contributed by atoms with van der Waals surface area (Å²) in [6, 6.07) is -0.673. The van der Waals surface area contributed by atoms with E-state index in [1.54, 1.807) is 0 Å². The van der Waals surface area contributed by atoms with Gasteiger partial charge < -0.3 is 21.1 Å². The molecule has 1 saturated carbocycles. The lowest BCUT2D eigenvalue weighted by molar-refractivity contribution is -0.148. The van der Waals surface area contributed by atoms with E-state index in [1.165, 1.54) is 6.92 Å². The van der Waals surface area contributed by atoms with Crippen molar-refractivity contribution in [3.63, 3.8) is 0 Å². The fraction of sp³-hybridized carbons (Fsp3) is 0.857. The molecule has 5 N–H and O–H groups in total. The van der Waals surface area contributed by atoms with Crippen molar-refractivity contribution in [2.45, 2.75) is 31.1 Å². The van der Waals surface area contributed by atoms with Crippen LogP contribution in [-0.2, 0) is 4.79 Å². The van der Waals surface area contributed by atoms with Crippen LogP contribution in [0.15, 0.2) is 0 Å². The highest BCUT2D eigenvalue weighted by molar-refractivity contribution is 5.71. The molecule has 1 rings (SSSR count). The second kappa shape index (κ2) is 2.69. The molecule has 12 heavy (non-hydrogen) atoms. The number of aliphatic hydroxyl groups excluding tert-OH is 1. The number of carboxylic acids is 1. The highest BCUT2D eigenvalue weighted by atomic mass is 16.4. The van der Waals surface area contributed by atoms with Gasteiger partial charge in [-0.3, -0.25) is 4.79 Å². The Balaban J connectivity index is 2.83. The summed E-state index contributed by atoms with van der Waals surface area (Å²) in [4.78, 5) is 10.5. The van der Waals surface area contributed by atoms with E-state index in [-0.39, 0.29) is 6.42 Å². The van der Waals surface area contributed by atoms with Crippen LogP contribution < -0.4 is 5.73 Å². The summed E-state index contributed by atoms with van der Waals surface area (Å²) in [6.45, 7) is 1.35. The number of rotatable bonds is 1. The van der Waals surface area contributed by atoms with Gasteiger partial charge in [-0.25, -0.2) is 0 Å². The first-order valence-electron chi connectivity index (χ1n) is 3.76. The van der Waals surface area contributed by atoms with E-state index in [1.807, 2.05) is 0 Å². The minimum atomic E-state index is -1.48. The lowest BCUT2D eigenvalue weighted by Crippen LogP contribution is -2.48. The van der Waals surface area contributed by atoms with Crippen molar-refractivity contribution < 1.29 is 20.1 Å². The minimum Gasteiger partial charge on any atom is -0.481 e. The van der Waals surface area contributed by atoms with Crippen LogP contribution in [0, 0.1) is 5.92 Å². The molecule has 0 amide bonds. The molecule has 4 atom stereocenters. The Morgan fingerprint density at radius 1 is 1.67 bits per heavy atom. The average molecular weight is 175 g/mol. The van der Waals surface area contributed by atoms with Gasteiger partial charge in [0, 0.05) is 6.04 Å². The molecule has 70 valence electrons. The Morgan fingerprint density at radius 2 is 2.17 bits per heavy atom. The van der Waals surface area contributed by atoms with Gasteiger partial charge in [-0.2, -0.15) is 0 Å². The van der Waals surface area contributed by atoms with Crippen LogP contribution in [0.25, 0.3) is 0 Å². The SMILES string of the molecule is C[C@@]1(O)[C@H](O)[C@H](C(=O)O)C[C@@H]1N. The van der Waals surface area contributed by atoms with Crippen molar-refractivity contribution in [2.75, 3.05) is 0 Å². The largest absolute Gasteiger partial charge is 0.481 e. The minimum absolute atomic E-state index is 0.115. The van der Waals surface area contributed by atoms with Gasteiger partial charge in [0.1, 0.15) is 5.60 Å². The van der Waals surface area contributed by atoms with Gasteiger partial charge in [0.25, 0.3) is 0 Å². The van der Waals surface area contributed by atoms with Crippen LogP contribution in [0.5, 0.6) is 0 Å². The van der Waals surface area contributed by atoms with E-state index in [2.05, 4.69) is 0 Å². The molecule has 0 unspecified atom stereocenters. The van der Waals surface area contributed by atoms with Crippen LogP contribution >= 0.6 is 0 Å². The van der Waals surface area contributed by atoms with E-state index >= 15 is 0 Å². The third kappa shape index (κ3) is 1.20. The van der Waals surface area contributed by atoms with Crippen molar-refractivity contribution in [1.82, 2.24) is 0 Å². The van der Waals surface area contributed by atoms with Crippen LogP contribution in [0.2, 0.25) is 0 Å². The summed E-state index contributed by atoms with van der Waals surface area (Å²) in [5, 5.41) is 27.5. The maximum atomic E-state index is 10.5. The molecule has 0 aromatic rings. The Labute approximate surface area is 69.8 Å². The van der Waals surface area contributed by atoms with Gasteiger partial charge in [-0.05, 0) is 13.3 Å². The Kier molecular flexibility index (Phi) is 2.11. The Hall–Kier alpha value is -0.650. The third-order valence-corrected chi connectivity index (χ3v) is 2.56. The molecule has 1 fully saturated rings. The first-order chi connectivity index (χ1) is 5.37. The monoisotopic (exact) mass is 175 g/mol. The molecule has 0 aromatic heterocycles. The molecular formula is C7H13NO4. The molecule has 1 aliphatic rings. The Bertz CT molecular complexity index is 204. The summed E-state index contributed by atoms with van der Waals surface area (Å²) in [6.07, 6.45) is -1.16.